The minimum absolute atomic E-state index is 0.218. The fraction of sp³-hybridized carbons (Fsp3) is 0.0385. The normalized spacial score (nSPS) is 10.8. The van der Waals surface area contributed by atoms with Gasteiger partial charge in [0.1, 0.15) is 0 Å². The molecule has 1 aromatic heterocycles. The van der Waals surface area contributed by atoms with E-state index in [1.165, 1.54) is 4.68 Å². The SMILES string of the molecule is Nc1ccccc1-n1nc2ccccccn(Cc3ccc(-n4cccn4)cc3)cc-2c1=O. The number of nitrogen functional groups attached to an aromatic ring is 1. The zero-order valence-corrected chi connectivity index (χ0v) is 17.8. The molecule has 0 amide bonds. The summed E-state index contributed by atoms with van der Waals surface area (Å²) < 4.78 is 5.16. The Kier molecular flexibility index (Phi) is 5.43. The number of aromatic nitrogens is 5. The highest BCUT2D eigenvalue weighted by Crippen LogP contribution is 2.19. The molecule has 3 aromatic rings. The molecular formula is C26H22N6O. The summed E-state index contributed by atoms with van der Waals surface area (Å²) in [7, 11) is 0. The summed E-state index contributed by atoms with van der Waals surface area (Å²) >= 11 is 0. The number of nitrogens with zero attached hydrogens (tertiary/aromatic N) is 5. The second kappa shape index (κ2) is 8.84. The molecule has 0 saturated heterocycles. The van der Waals surface area contributed by atoms with Crippen LogP contribution in [0.2, 0.25) is 0 Å². The Balaban J connectivity index is 1.58. The highest BCUT2D eigenvalue weighted by atomic mass is 16.1. The van der Waals surface area contributed by atoms with Gasteiger partial charge < -0.3 is 10.3 Å². The molecule has 0 spiro atoms. The third-order valence-corrected chi connectivity index (χ3v) is 5.30. The molecule has 0 unspecified atom stereocenters. The first-order valence-electron chi connectivity index (χ1n) is 10.5. The van der Waals surface area contributed by atoms with Crippen molar-refractivity contribution < 1.29 is 0 Å². The van der Waals surface area contributed by atoms with Crippen LogP contribution in [0.4, 0.5) is 5.69 Å². The number of rotatable bonds is 4. The smallest absolute Gasteiger partial charge is 0.282 e. The first-order chi connectivity index (χ1) is 16.2. The molecule has 0 bridgehead atoms. The lowest BCUT2D eigenvalue weighted by Gasteiger charge is -2.07. The molecule has 2 aliphatic rings. The molecule has 7 nitrogen and oxygen atoms in total. The molecule has 0 fully saturated rings. The van der Waals surface area contributed by atoms with Gasteiger partial charge in [-0.25, -0.2) is 4.68 Å². The Bertz CT molecular complexity index is 1460. The van der Waals surface area contributed by atoms with Gasteiger partial charge in [0, 0.05) is 31.3 Å². The highest BCUT2D eigenvalue weighted by molar-refractivity contribution is 5.62. The number of hydrogen-bond acceptors (Lipinski definition) is 4. The maximum atomic E-state index is 13.3. The third-order valence-electron chi connectivity index (χ3n) is 5.30. The summed E-state index contributed by atoms with van der Waals surface area (Å²) in [5.74, 6) is 0. The quantitative estimate of drug-likeness (QED) is 0.432. The van der Waals surface area contributed by atoms with E-state index in [9.17, 15) is 4.79 Å². The molecule has 2 aromatic carbocycles. The maximum absolute atomic E-state index is 13.3. The molecule has 2 aliphatic heterocycles. The van der Waals surface area contributed by atoms with Gasteiger partial charge in [0.2, 0.25) is 0 Å². The summed E-state index contributed by atoms with van der Waals surface area (Å²) in [5, 5.41) is 8.81. The number of para-hydroxylation sites is 2. The maximum Gasteiger partial charge on any atom is 0.282 e. The Hall–Kier alpha value is -4.65. The summed E-state index contributed by atoms with van der Waals surface area (Å²) in [6.07, 6.45) is 7.43. The van der Waals surface area contributed by atoms with E-state index in [2.05, 4.69) is 22.3 Å². The lowest BCUT2D eigenvalue weighted by Crippen LogP contribution is -2.16. The molecule has 0 atom stereocenters. The van der Waals surface area contributed by atoms with Crippen LogP contribution in [0.25, 0.3) is 22.6 Å². The van der Waals surface area contributed by atoms with Crippen molar-refractivity contribution in [1.82, 2.24) is 24.1 Å². The van der Waals surface area contributed by atoms with Crippen molar-refractivity contribution in [3.8, 4) is 22.6 Å². The second-order valence-electron chi connectivity index (χ2n) is 7.58. The average Bonchev–Trinajstić information content (AvgIpc) is 3.47. The molecular weight excluding hydrogens is 412 g/mol. The van der Waals surface area contributed by atoms with Gasteiger partial charge in [0.25, 0.3) is 5.56 Å². The fourth-order valence-electron chi connectivity index (χ4n) is 3.65. The summed E-state index contributed by atoms with van der Waals surface area (Å²) in [5.41, 5.74) is 10.1. The molecule has 2 N–H and O–H groups in total. The second-order valence-corrected chi connectivity index (χ2v) is 7.58. The van der Waals surface area contributed by atoms with E-state index in [1.54, 1.807) is 18.3 Å². The molecule has 0 aliphatic carbocycles. The minimum atomic E-state index is -0.218. The lowest BCUT2D eigenvalue weighted by atomic mass is 10.2. The molecule has 162 valence electrons. The van der Waals surface area contributed by atoms with E-state index in [0.29, 0.717) is 29.2 Å². The zero-order chi connectivity index (χ0) is 22.6. The average molecular weight is 435 g/mol. The fourth-order valence-corrected chi connectivity index (χ4v) is 3.65. The topological polar surface area (TPSA) is 83.7 Å². The van der Waals surface area contributed by atoms with Gasteiger partial charge in [0.15, 0.2) is 0 Å². The zero-order valence-electron chi connectivity index (χ0n) is 17.8. The Morgan fingerprint density at radius 3 is 2.39 bits per heavy atom. The van der Waals surface area contributed by atoms with Crippen LogP contribution in [0.5, 0.6) is 0 Å². The van der Waals surface area contributed by atoms with E-state index >= 15 is 0 Å². The number of fused-ring (bicyclic) bond motifs is 1. The number of nitrogens with two attached hydrogens (primary N) is 1. The Morgan fingerprint density at radius 1 is 0.818 bits per heavy atom. The molecule has 3 heterocycles. The summed E-state index contributed by atoms with van der Waals surface area (Å²) in [4.78, 5) is 13.3. The van der Waals surface area contributed by atoms with E-state index in [0.717, 1.165) is 11.3 Å². The lowest BCUT2D eigenvalue weighted by molar-refractivity contribution is 0.793. The minimum Gasteiger partial charge on any atom is -0.397 e. The van der Waals surface area contributed by atoms with Crippen molar-refractivity contribution in [2.45, 2.75) is 6.54 Å². The highest BCUT2D eigenvalue weighted by Gasteiger charge is 2.16. The van der Waals surface area contributed by atoms with Gasteiger partial charge in [-0.3, -0.25) is 4.79 Å². The van der Waals surface area contributed by atoms with Crippen LogP contribution in [0.1, 0.15) is 5.56 Å². The van der Waals surface area contributed by atoms with Gasteiger partial charge in [-0.15, -0.1) is 0 Å². The third kappa shape index (κ3) is 4.24. The van der Waals surface area contributed by atoms with E-state index < -0.39 is 0 Å². The van der Waals surface area contributed by atoms with Crippen molar-refractivity contribution in [3.63, 3.8) is 0 Å². The largest absolute Gasteiger partial charge is 0.397 e. The van der Waals surface area contributed by atoms with E-state index in [-0.39, 0.29) is 5.56 Å². The van der Waals surface area contributed by atoms with Gasteiger partial charge in [-0.1, -0.05) is 42.5 Å². The molecule has 7 heteroatoms. The van der Waals surface area contributed by atoms with Gasteiger partial charge >= 0.3 is 0 Å². The first kappa shape index (κ1) is 20.3. The molecule has 33 heavy (non-hydrogen) atoms. The molecule has 0 radical (unpaired) electrons. The van der Waals surface area contributed by atoms with Crippen LogP contribution in [0.3, 0.4) is 0 Å². The Morgan fingerprint density at radius 2 is 1.61 bits per heavy atom. The van der Waals surface area contributed by atoms with Crippen molar-refractivity contribution in [2.24, 2.45) is 0 Å². The number of hydrogen-bond donors (Lipinski definition) is 1. The standard InChI is InChI=1S/C26H22N6O/c27-23-8-4-5-10-25(23)32-26(33)22-19-30(16-6-2-1-3-9-24(22)29-32)18-20-11-13-21(14-12-20)31-17-7-15-28-31/h1-17,19H,18,27H2. The van der Waals surface area contributed by atoms with Crippen molar-refractivity contribution >= 4 is 5.69 Å². The van der Waals surface area contributed by atoms with E-state index in [4.69, 9.17) is 5.73 Å². The monoisotopic (exact) mass is 434 g/mol. The van der Waals surface area contributed by atoms with Crippen molar-refractivity contribution in [2.75, 3.05) is 5.73 Å². The first-order valence-corrected chi connectivity index (χ1v) is 10.5. The summed E-state index contributed by atoms with van der Waals surface area (Å²) in [6.45, 7) is 0.588. The Labute approximate surface area is 190 Å². The summed E-state index contributed by atoms with van der Waals surface area (Å²) in [6, 6.07) is 26.7. The van der Waals surface area contributed by atoms with Crippen molar-refractivity contribution in [1.29, 1.82) is 0 Å². The predicted octanol–water partition coefficient (Wildman–Crippen LogP) is 4.08. The van der Waals surface area contributed by atoms with Gasteiger partial charge in [0.05, 0.1) is 28.3 Å². The van der Waals surface area contributed by atoms with Gasteiger partial charge in [-0.05, 0) is 48.0 Å². The van der Waals surface area contributed by atoms with Crippen LogP contribution >= 0.6 is 0 Å². The number of benzene rings is 2. The van der Waals surface area contributed by atoms with Crippen LogP contribution in [-0.2, 0) is 6.54 Å². The van der Waals surface area contributed by atoms with Gasteiger partial charge in [-0.2, -0.15) is 14.9 Å². The van der Waals surface area contributed by atoms with E-state index in [1.807, 2.05) is 88.5 Å². The molecule has 0 saturated carbocycles. The molecule has 5 rings (SSSR count). The van der Waals surface area contributed by atoms with Crippen molar-refractivity contribution in [3.05, 3.63) is 126 Å². The van der Waals surface area contributed by atoms with Crippen LogP contribution in [0.15, 0.2) is 115 Å². The van der Waals surface area contributed by atoms with Crippen LogP contribution < -0.4 is 11.3 Å². The predicted molar refractivity (Wildman–Crippen MR) is 129 cm³/mol. The van der Waals surface area contributed by atoms with Crippen LogP contribution in [-0.4, -0.2) is 24.1 Å². The van der Waals surface area contributed by atoms with Crippen LogP contribution in [0, 0.1) is 0 Å². The number of anilines is 1.